The molecule has 1 unspecified atom stereocenters. The third kappa shape index (κ3) is 2.42. The van der Waals surface area contributed by atoms with Gasteiger partial charge in [-0.2, -0.15) is 0 Å². The number of furan rings is 1. The molecule has 0 aliphatic heterocycles. The maximum atomic E-state index is 13.4. The fraction of sp³-hybridized carbons (Fsp3) is 0.286. The normalized spacial score (nSPS) is 12.7. The average molecular weight is 268 g/mol. The summed E-state index contributed by atoms with van der Waals surface area (Å²) < 4.78 is 19.0. The number of nitrogens with one attached hydrogen (secondary N) is 1. The van der Waals surface area contributed by atoms with Gasteiger partial charge in [-0.05, 0) is 56.3 Å². The van der Waals surface area contributed by atoms with E-state index in [1.807, 2.05) is 26.1 Å². The quantitative estimate of drug-likeness (QED) is 0.909. The highest BCUT2D eigenvalue weighted by atomic mass is 35.5. The lowest BCUT2D eigenvalue weighted by molar-refractivity contribution is 0.443. The molecule has 1 aromatic heterocycles. The van der Waals surface area contributed by atoms with Gasteiger partial charge in [-0.3, -0.25) is 0 Å². The Balaban J connectivity index is 2.48. The fourth-order valence-electron chi connectivity index (χ4n) is 1.96. The topological polar surface area (TPSA) is 25.2 Å². The number of halogens is 2. The molecule has 1 atom stereocenters. The predicted octanol–water partition coefficient (Wildman–Crippen LogP) is 4.00. The smallest absolute Gasteiger partial charge is 0.127 e. The second kappa shape index (κ2) is 5.12. The van der Waals surface area contributed by atoms with Crippen molar-refractivity contribution in [3.05, 3.63) is 57.8 Å². The Bertz CT molecular complexity index is 565. The van der Waals surface area contributed by atoms with Crippen LogP contribution < -0.4 is 5.32 Å². The predicted molar refractivity (Wildman–Crippen MR) is 70.5 cm³/mol. The molecular formula is C14H15ClFNO. The molecule has 0 fully saturated rings. The van der Waals surface area contributed by atoms with Crippen LogP contribution >= 0.6 is 11.6 Å². The molecule has 0 spiro atoms. The zero-order valence-electron chi connectivity index (χ0n) is 10.6. The Hall–Kier alpha value is -1.32. The van der Waals surface area contributed by atoms with Gasteiger partial charge in [-0.15, -0.1) is 0 Å². The van der Waals surface area contributed by atoms with Crippen molar-refractivity contribution in [3.63, 3.8) is 0 Å². The van der Waals surface area contributed by atoms with Crippen LogP contribution in [0.3, 0.4) is 0 Å². The fourth-order valence-corrected chi connectivity index (χ4v) is 2.22. The molecule has 0 amide bonds. The highest BCUT2D eigenvalue weighted by Crippen LogP contribution is 2.31. The van der Waals surface area contributed by atoms with Crippen molar-refractivity contribution in [2.24, 2.45) is 0 Å². The van der Waals surface area contributed by atoms with Crippen LogP contribution in [0.1, 0.15) is 28.7 Å². The second-order valence-electron chi connectivity index (χ2n) is 4.29. The first-order valence-electron chi connectivity index (χ1n) is 5.72. The first-order valence-corrected chi connectivity index (χ1v) is 6.10. The van der Waals surface area contributed by atoms with Crippen LogP contribution in [0.25, 0.3) is 0 Å². The van der Waals surface area contributed by atoms with E-state index in [-0.39, 0.29) is 11.9 Å². The molecule has 0 saturated heterocycles. The summed E-state index contributed by atoms with van der Waals surface area (Å²) in [4.78, 5) is 0. The molecule has 4 heteroatoms. The number of hydrogen-bond acceptors (Lipinski definition) is 2. The van der Waals surface area contributed by atoms with Gasteiger partial charge in [0.15, 0.2) is 0 Å². The van der Waals surface area contributed by atoms with Crippen LogP contribution in [0, 0.1) is 19.7 Å². The van der Waals surface area contributed by atoms with Gasteiger partial charge in [0.1, 0.15) is 17.3 Å². The summed E-state index contributed by atoms with van der Waals surface area (Å²) in [6.07, 6.45) is 0. The van der Waals surface area contributed by atoms with Gasteiger partial charge in [-0.1, -0.05) is 11.6 Å². The van der Waals surface area contributed by atoms with Crippen LogP contribution in [0.5, 0.6) is 0 Å². The monoisotopic (exact) mass is 267 g/mol. The molecule has 1 aromatic carbocycles. The Kier molecular flexibility index (Phi) is 3.73. The van der Waals surface area contributed by atoms with E-state index in [1.54, 1.807) is 13.0 Å². The minimum atomic E-state index is -0.297. The zero-order chi connectivity index (χ0) is 13.3. The van der Waals surface area contributed by atoms with Crippen LogP contribution in [0.2, 0.25) is 5.02 Å². The number of rotatable bonds is 3. The molecular weight excluding hydrogens is 253 g/mol. The van der Waals surface area contributed by atoms with Crippen molar-refractivity contribution in [1.82, 2.24) is 5.32 Å². The molecule has 2 aromatic rings. The van der Waals surface area contributed by atoms with Gasteiger partial charge in [0.05, 0.1) is 6.04 Å². The van der Waals surface area contributed by atoms with Crippen LogP contribution in [0.4, 0.5) is 4.39 Å². The summed E-state index contributed by atoms with van der Waals surface area (Å²) in [6.45, 7) is 3.60. The van der Waals surface area contributed by atoms with E-state index < -0.39 is 0 Å². The van der Waals surface area contributed by atoms with Gasteiger partial charge in [0.25, 0.3) is 0 Å². The molecule has 2 rings (SSSR count). The number of hydrogen-bond donors (Lipinski definition) is 1. The zero-order valence-corrected chi connectivity index (χ0v) is 11.3. The average Bonchev–Trinajstić information content (AvgIpc) is 2.73. The van der Waals surface area contributed by atoms with Crippen molar-refractivity contribution in [2.75, 3.05) is 7.05 Å². The lowest BCUT2D eigenvalue weighted by Crippen LogP contribution is -2.17. The maximum Gasteiger partial charge on any atom is 0.127 e. The van der Waals surface area contributed by atoms with Gasteiger partial charge in [-0.25, -0.2) is 4.39 Å². The molecule has 0 aliphatic rings. The molecule has 1 heterocycles. The summed E-state index contributed by atoms with van der Waals surface area (Å²) >= 11 is 6.11. The second-order valence-corrected chi connectivity index (χ2v) is 4.70. The summed E-state index contributed by atoms with van der Waals surface area (Å²) in [5, 5.41) is 3.53. The van der Waals surface area contributed by atoms with Crippen LogP contribution in [-0.4, -0.2) is 7.05 Å². The van der Waals surface area contributed by atoms with Crippen LogP contribution in [-0.2, 0) is 0 Å². The first kappa shape index (κ1) is 13.1. The summed E-state index contributed by atoms with van der Waals surface area (Å²) in [5.41, 5.74) is 1.38. The van der Waals surface area contributed by atoms with Crippen LogP contribution in [0.15, 0.2) is 28.7 Å². The number of benzene rings is 1. The molecule has 0 saturated carbocycles. The van der Waals surface area contributed by atoms with E-state index in [1.165, 1.54) is 6.07 Å². The summed E-state index contributed by atoms with van der Waals surface area (Å²) in [7, 11) is 1.82. The van der Waals surface area contributed by atoms with E-state index in [4.69, 9.17) is 16.0 Å². The van der Waals surface area contributed by atoms with E-state index in [9.17, 15) is 4.39 Å². The lowest BCUT2D eigenvalue weighted by atomic mass is 10.0. The Morgan fingerprint density at radius 2 is 2.00 bits per heavy atom. The minimum absolute atomic E-state index is 0.175. The lowest BCUT2D eigenvalue weighted by Gasteiger charge is -2.16. The Morgan fingerprint density at radius 3 is 2.56 bits per heavy atom. The largest absolute Gasteiger partial charge is 0.464 e. The van der Waals surface area contributed by atoms with E-state index in [2.05, 4.69) is 5.32 Å². The number of aryl methyl sites for hydroxylation is 2. The minimum Gasteiger partial charge on any atom is -0.464 e. The van der Waals surface area contributed by atoms with Crippen molar-refractivity contribution in [3.8, 4) is 0 Å². The maximum absolute atomic E-state index is 13.4. The SMILES string of the molecule is CNC(c1ccc(C)o1)c1cc(C)c(F)cc1Cl. The molecule has 1 N–H and O–H groups in total. The van der Waals surface area contributed by atoms with Crippen molar-refractivity contribution in [2.45, 2.75) is 19.9 Å². The molecule has 96 valence electrons. The molecule has 0 radical (unpaired) electrons. The van der Waals surface area contributed by atoms with Gasteiger partial charge < -0.3 is 9.73 Å². The van der Waals surface area contributed by atoms with Crippen molar-refractivity contribution < 1.29 is 8.81 Å². The third-order valence-corrected chi connectivity index (χ3v) is 3.25. The first-order chi connectivity index (χ1) is 8.52. The summed E-state index contributed by atoms with van der Waals surface area (Å²) in [6, 6.07) is 6.70. The van der Waals surface area contributed by atoms with Gasteiger partial charge >= 0.3 is 0 Å². The molecule has 0 aliphatic carbocycles. The summed E-state index contributed by atoms with van der Waals surface area (Å²) in [5.74, 6) is 1.30. The molecule has 2 nitrogen and oxygen atoms in total. The highest BCUT2D eigenvalue weighted by Gasteiger charge is 2.19. The Morgan fingerprint density at radius 1 is 1.28 bits per heavy atom. The standard InChI is InChI=1S/C14H15ClFNO/c1-8-6-10(11(15)7-12(8)16)14(17-3)13-5-4-9(2)18-13/h4-7,14,17H,1-3H3. The molecule has 0 bridgehead atoms. The van der Waals surface area contributed by atoms with Gasteiger partial charge in [0, 0.05) is 5.02 Å². The van der Waals surface area contributed by atoms with E-state index in [0.29, 0.717) is 10.6 Å². The van der Waals surface area contributed by atoms with E-state index in [0.717, 1.165) is 17.1 Å². The third-order valence-electron chi connectivity index (χ3n) is 2.92. The molecule has 18 heavy (non-hydrogen) atoms. The van der Waals surface area contributed by atoms with Gasteiger partial charge in [0.2, 0.25) is 0 Å². The van der Waals surface area contributed by atoms with E-state index >= 15 is 0 Å². The highest BCUT2D eigenvalue weighted by molar-refractivity contribution is 6.31. The van der Waals surface area contributed by atoms with Crippen molar-refractivity contribution in [1.29, 1.82) is 0 Å². The van der Waals surface area contributed by atoms with Crippen molar-refractivity contribution >= 4 is 11.6 Å². The Labute approximate surface area is 111 Å².